The molecule has 0 bridgehead atoms. The molecule has 1 aliphatic heterocycles. The molecule has 0 aliphatic carbocycles. The summed E-state index contributed by atoms with van der Waals surface area (Å²) in [5.74, 6) is 0.318. The lowest BCUT2D eigenvalue weighted by Crippen LogP contribution is -2.45. The van der Waals surface area contributed by atoms with E-state index in [1.165, 1.54) is 11.1 Å². The van der Waals surface area contributed by atoms with Gasteiger partial charge in [0, 0.05) is 26.2 Å². The van der Waals surface area contributed by atoms with Gasteiger partial charge < -0.3 is 15.3 Å². The van der Waals surface area contributed by atoms with E-state index in [0.717, 1.165) is 45.6 Å². The van der Waals surface area contributed by atoms with Crippen LogP contribution < -0.4 is 5.32 Å². The zero-order valence-corrected chi connectivity index (χ0v) is 15.9. The molecule has 2 amide bonds. The average Bonchev–Trinajstić information content (AvgIpc) is 2.65. The monoisotopic (exact) mass is 347 g/mol. The Morgan fingerprint density at radius 1 is 1.24 bits per heavy atom. The van der Waals surface area contributed by atoms with Crippen molar-refractivity contribution in [3.63, 3.8) is 0 Å². The van der Waals surface area contributed by atoms with Crippen LogP contribution in [0.25, 0.3) is 0 Å². The van der Waals surface area contributed by atoms with Crippen molar-refractivity contribution in [2.24, 2.45) is 5.92 Å². The highest BCUT2D eigenvalue weighted by atomic mass is 16.3. The Hall–Kier alpha value is -1.59. The van der Waals surface area contributed by atoms with Crippen molar-refractivity contribution in [1.29, 1.82) is 0 Å². The summed E-state index contributed by atoms with van der Waals surface area (Å²) < 4.78 is 0. The van der Waals surface area contributed by atoms with Crippen molar-refractivity contribution in [1.82, 2.24) is 15.1 Å². The van der Waals surface area contributed by atoms with Gasteiger partial charge in [0.2, 0.25) is 0 Å². The summed E-state index contributed by atoms with van der Waals surface area (Å²) in [7, 11) is 0. The molecule has 1 saturated heterocycles. The summed E-state index contributed by atoms with van der Waals surface area (Å²) in [5, 5.41) is 12.7. The fourth-order valence-electron chi connectivity index (χ4n) is 3.44. The van der Waals surface area contributed by atoms with Crippen LogP contribution in [0.4, 0.5) is 4.79 Å². The molecule has 0 aromatic heterocycles. The van der Waals surface area contributed by atoms with Crippen molar-refractivity contribution < 1.29 is 9.90 Å². The topological polar surface area (TPSA) is 55.8 Å². The van der Waals surface area contributed by atoms with E-state index in [0.29, 0.717) is 12.5 Å². The standard InChI is InChI=1S/C20H33N3O2/c1-4-22(5-2)15-19-9-7-6-8-18(19)14-21-20(25)23-12-10-17(11-13-23)16(3)24/h6-9,16-17,24H,4-5,10-15H2,1-3H3,(H,21,25). The number of carbonyl (C=O) groups excluding carboxylic acids is 1. The molecule has 1 aromatic carbocycles. The van der Waals surface area contributed by atoms with Gasteiger partial charge in [0.25, 0.3) is 0 Å². The number of nitrogens with zero attached hydrogens (tertiary/aromatic N) is 2. The molecule has 5 nitrogen and oxygen atoms in total. The van der Waals surface area contributed by atoms with Gasteiger partial charge in [-0.1, -0.05) is 38.1 Å². The third kappa shape index (κ3) is 5.72. The number of aliphatic hydroxyl groups excluding tert-OH is 1. The Morgan fingerprint density at radius 3 is 2.40 bits per heavy atom. The number of hydrogen-bond acceptors (Lipinski definition) is 3. The van der Waals surface area contributed by atoms with Crippen LogP contribution in [0.3, 0.4) is 0 Å². The molecule has 1 atom stereocenters. The van der Waals surface area contributed by atoms with Crippen LogP contribution in [0, 0.1) is 5.92 Å². The summed E-state index contributed by atoms with van der Waals surface area (Å²) in [6, 6.07) is 8.33. The molecule has 1 fully saturated rings. The first kappa shape index (κ1) is 19.7. The summed E-state index contributed by atoms with van der Waals surface area (Å²) in [5.41, 5.74) is 2.46. The minimum absolute atomic E-state index is 0.00156. The van der Waals surface area contributed by atoms with Crippen molar-refractivity contribution in [3.05, 3.63) is 35.4 Å². The smallest absolute Gasteiger partial charge is 0.317 e. The van der Waals surface area contributed by atoms with Gasteiger partial charge in [-0.05, 0) is 49.9 Å². The Morgan fingerprint density at radius 2 is 1.84 bits per heavy atom. The number of piperidine rings is 1. The SMILES string of the molecule is CCN(CC)Cc1ccccc1CNC(=O)N1CCC(C(C)O)CC1. The van der Waals surface area contributed by atoms with E-state index >= 15 is 0 Å². The second-order valence-corrected chi connectivity index (χ2v) is 6.95. The molecular formula is C20H33N3O2. The minimum Gasteiger partial charge on any atom is -0.393 e. The Bertz CT molecular complexity index is 535. The fraction of sp³-hybridized carbons (Fsp3) is 0.650. The number of hydrogen-bond donors (Lipinski definition) is 2. The fourth-order valence-corrected chi connectivity index (χ4v) is 3.44. The zero-order valence-electron chi connectivity index (χ0n) is 15.9. The Labute approximate surface area is 152 Å². The Kier molecular flexibility index (Phi) is 7.72. The molecule has 2 N–H and O–H groups in total. The van der Waals surface area contributed by atoms with Crippen LogP contribution in [0.1, 0.15) is 44.7 Å². The van der Waals surface area contributed by atoms with E-state index in [9.17, 15) is 9.90 Å². The first-order valence-corrected chi connectivity index (χ1v) is 9.55. The lowest BCUT2D eigenvalue weighted by molar-refractivity contribution is 0.0798. The minimum atomic E-state index is -0.280. The van der Waals surface area contributed by atoms with Gasteiger partial charge in [-0.15, -0.1) is 0 Å². The lowest BCUT2D eigenvalue weighted by atomic mass is 9.92. The number of rotatable bonds is 7. The number of amides is 2. The van der Waals surface area contributed by atoms with Crippen molar-refractivity contribution in [2.45, 2.75) is 52.8 Å². The van der Waals surface area contributed by atoms with Crippen LogP contribution in [0.5, 0.6) is 0 Å². The van der Waals surface area contributed by atoms with Crippen molar-refractivity contribution in [3.8, 4) is 0 Å². The van der Waals surface area contributed by atoms with Crippen molar-refractivity contribution >= 4 is 6.03 Å². The maximum Gasteiger partial charge on any atom is 0.317 e. The predicted octanol–water partition coefficient (Wildman–Crippen LogP) is 2.83. The van der Waals surface area contributed by atoms with Gasteiger partial charge in [0.1, 0.15) is 0 Å². The number of carbonyl (C=O) groups is 1. The van der Waals surface area contributed by atoms with E-state index in [2.05, 4.69) is 42.3 Å². The average molecular weight is 348 g/mol. The third-order valence-electron chi connectivity index (χ3n) is 5.35. The number of urea groups is 1. The van der Waals surface area contributed by atoms with Crippen LogP contribution in [-0.4, -0.2) is 53.2 Å². The number of nitrogens with one attached hydrogen (secondary N) is 1. The predicted molar refractivity (Wildman–Crippen MR) is 101 cm³/mol. The second-order valence-electron chi connectivity index (χ2n) is 6.95. The highest BCUT2D eigenvalue weighted by molar-refractivity contribution is 5.74. The van der Waals surface area contributed by atoms with E-state index in [1.54, 1.807) is 0 Å². The molecule has 1 aliphatic rings. The summed E-state index contributed by atoms with van der Waals surface area (Å²) in [6.45, 7) is 11.2. The van der Waals surface area contributed by atoms with E-state index in [1.807, 2.05) is 17.9 Å². The second kappa shape index (κ2) is 9.78. The molecule has 1 heterocycles. The third-order valence-corrected chi connectivity index (χ3v) is 5.35. The molecular weight excluding hydrogens is 314 g/mol. The summed E-state index contributed by atoms with van der Waals surface area (Å²) >= 11 is 0. The molecule has 140 valence electrons. The maximum absolute atomic E-state index is 12.4. The van der Waals surface area contributed by atoms with E-state index < -0.39 is 0 Å². The number of likely N-dealkylation sites (tertiary alicyclic amines) is 1. The van der Waals surface area contributed by atoms with Crippen molar-refractivity contribution in [2.75, 3.05) is 26.2 Å². The first-order chi connectivity index (χ1) is 12.0. The Balaban J connectivity index is 1.88. The van der Waals surface area contributed by atoms with Gasteiger partial charge in [-0.3, -0.25) is 4.90 Å². The maximum atomic E-state index is 12.4. The molecule has 2 rings (SSSR count). The summed E-state index contributed by atoms with van der Waals surface area (Å²) in [4.78, 5) is 16.7. The molecule has 25 heavy (non-hydrogen) atoms. The molecule has 0 saturated carbocycles. The van der Waals surface area contributed by atoms with Gasteiger partial charge in [0.15, 0.2) is 0 Å². The quantitative estimate of drug-likeness (QED) is 0.797. The van der Waals surface area contributed by atoms with Gasteiger partial charge in [0.05, 0.1) is 6.10 Å². The van der Waals surface area contributed by atoms with Gasteiger partial charge >= 0.3 is 6.03 Å². The number of aliphatic hydroxyl groups is 1. The molecule has 0 spiro atoms. The van der Waals surface area contributed by atoms with Gasteiger partial charge in [-0.25, -0.2) is 4.79 Å². The molecule has 0 radical (unpaired) electrons. The lowest BCUT2D eigenvalue weighted by Gasteiger charge is -2.33. The van der Waals surface area contributed by atoms with Crippen LogP contribution in [0.15, 0.2) is 24.3 Å². The van der Waals surface area contributed by atoms with Crippen LogP contribution >= 0.6 is 0 Å². The normalized spacial score (nSPS) is 16.9. The zero-order chi connectivity index (χ0) is 18.2. The largest absolute Gasteiger partial charge is 0.393 e. The van der Waals surface area contributed by atoms with Crippen LogP contribution in [-0.2, 0) is 13.1 Å². The molecule has 5 heteroatoms. The highest BCUT2D eigenvalue weighted by Crippen LogP contribution is 2.20. The van der Waals surface area contributed by atoms with Crippen LogP contribution in [0.2, 0.25) is 0 Å². The first-order valence-electron chi connectivity index (χ1n) is 9.55. The summed E-state index contributed by atoms with van der Waals surface area (Å²) in [6.07, 6.45) is 1.48. The van der Waals surface area contributed by atoms with Gasteiger partial charge in [-0.2, -0.15) is 0 Å². The van der Waals surface area contributed by atoms with E-state index in [4.69, 9.17) is 0 Å². The van der Waals surface area contributed by atoms with E-state index in [-0.39, 0.29) is 12.1 Å². The number of benzene rings is 1. The highest BCUT2D eigenvalue weighted by Gasteiger charge is 2.25. The molecule has 1 aromatic rings. The molecule has 1 unspecified atom stereocenters.